The highest BCUT2D eigenvalue weighted by molar-refractivity contribution is 7.22. The van der Waals surface area contributed by atoms with Gasteiger partial charge in [0.05, 0.1) is 22.4 Å². The highest BCUT2D eigenvalue weighted by Crippen LogP contribution is 2.33. The second kappa shape index (κ2) is 8.80. The fourth-order valence-corrected chi connectivity index (χ4v) is 4.48. The fraction of sp³-hybridized carbons (Fsp3) is 0.435. The zero-order chi connectivity index (χ0) is 22.0. The van der Waals surface area contributed by atoms with Crippen molar-refractivity contribution in [1.82, 2.24) is 9.97 Å². The SMILES string of the molecule is CC(C)(C)OC(=O)c1cc(Oc2ccc3nc(N[C@@H]4CCCC[C@H]4O)sc3c2)ccn1. The first kappa shape index (κ1) is 21.5. The molecule has 0 unspecified atom stereocenters. The van der Waals surface area contributed by atoms with E-state index in [-0.39, 0.29) is 17.8 Å². The second-order valence-electron chi connectivity index (χ2n) is 8.73. The summed E-state index contributed by atoms with van der Waals surface area (Å²) in [6.45, 7) is 5.44. The summed E-state index contributed by atoms with van der Waals surface area (Å²) in [6, 6.07) is 8.98. The maximum atomic E-state index is 12.3. The number of carbonyl (C=O) groups is 1. The molecule has 2 aromatic heterocycles. The van der Waals surface area contributed by atoms with Crippen LogP contribution in [0.5, 0.6) is 11.5 Å². The molecular formula is C23H27N3O4S. The third-order valence-electron chi connectivity index (χ3n) is 4.97. The predicted molar refractivity (Wildman–Crippen MR) is 121 cm³/mol. The number of thiazole rings is 1. The summed E-state index contributed by atoms with van der Waals surface area (Å²) >= 11 is 1.53. The van der Waals surface area contributed by atoms with Crippen molar-refractivity contribution in [3.63, 3.8) is 0 Å². The summed E-state index contributed by atoms with van der Waals surface area (Å²) < 4.78 is 12.3. The van der Waals surface area contributed by atoms with Crippen molar-refractivity contribution in [2.75, 3.05) is 5.32 Å². The number of pyridine rings is 1. The molecule has 3 aromatic rings. The number of aromatic nitrogens is 2. The van der Waals surface area contributed by atoms with E-state index in [2.05, 4.69) is 15.3 Å². The van der Waals surface area contributed by atoms with Gasteiger partial charge in [-0.3, -0.25) is 0 Å². The van der Waals surface area contributed by atoms with E-state index in [9.17, 15) is 9.90 Å². The maximum Gasteiger partial charge on any atom is 0.357 e. The average molecular weight is 442 g/mol. The molecule has 164 valence electrons. The van der Waals surface area contributed by atoms with Gasteiger partial charge in [-0.05, 0) is 51.8 Å². The van der Waals surface area contributed by atoms with Crippen LogP contribution in [0.15, 0.2) is 36.5 Å². The summed E-state index contributed by atoms with van der Waals surface area (Å²) in [5.74, 6) is 0.654. The van der Waals surface area contributed by atoms with Gasteiger partial charge in [-0.15, -0.1) is 0 Å². The topological polar surface area (TPSA) is 93.6 Å². The monoisotopic (exact) mass is 441 g/mol. The number of fused-ring (bicyclic) bond motifs is 1. The fourth-order valence-electron chi connectivity index (χ4n) is 3.52. The van der Waals surface area contributed by atoms with E-state index >= 15 is 0 Å². The van der Waals surface area contributed by atoms with Crippen LogP contribution in [0.2, 0.25) is 0 Å². The molecule has 2 N–H and O–H groups in total. The minimum absolute atomic E-state index is 0.0492. The molecule has 2 heterocycles. The molecule has 0 amide bonds. The smallest absolute Gasteiger partial charge is 0.357 e. The Kier molecular flexibility index (Phi) is 6.11. The van der Waals surface area contributed by atoms with Crippen molar-refractivity contribution in [2.24, 2.45) is 0 Å². The molecule has 7 nitrogen and oxygen atoms in total. The predicted octanol–water partition coefficient (Wildman–Crippen LogP) is 5.15. The number of nitrogens with zero attached hydrogens (tertiary/aromatic N) is 2. The number of anilines is 1. The molecule has 4 rings (SSSR count). The van der Waals surface area contributed by atoms with Gasteiger partial charge in [0.2, 0.25) is 0 Å². The number of esters is 1. The lowest BCUT2D eigenvalue weighted by Crippen LogP contribution is -2.36. The van der Waals surface area contributed by atoms with Crippen LogP contribution >= 0.6 is 11.3 Å². The van der Waals surface area contributed by atoms with Crippen molar-refractivity contribution in [1.29, 1.82) is 0 Å². The Balaban J connectivity index is 1.48. The van der Waals surface area contributed by atoms with Crippen LogP contribution in [0, 0.1) is 0 Å². The Morgan fingerprint density at radius 1 is 1.16 bits per heavy atom. The van der Waals surface area contributed by atoms with Gasteiger partial charge < -0.3 is 19.9 Å². The number of rotatable bonds is 5. The Bertz CT molecular complexity index is 1080. The van der Waals surface area contributed by atoms with Crippen LogP contribution in [0.1, 0.15) is 56.9 Å². The van der Waals surface area contributed by atoms with Gasteiger partial charge in [-0.2, -0.15) is 0 Å². The van der Waals surface area contributed by atoms with E-state index in [1.807, 2.05) is 39.0 Å². The van der Waals surface area contributed by atoms with Gasteiger partial charge in [0.25, 0.3) is 0 Å². The molecule has 2 atom stereocenters. The van der Waals surface area contributed by atoms with E-state index in [0.29, 0.717) is 11.5 Å². The summed E-state index contributed by atoms with van der Waals surface area (Å²) in [6.07, 6.45) is 5.17. The third-order valence-corrected chi connectivity index (χ3v) is 5.92. The molecule has 1 aliphatic carbocycles. The molecule has 31 heavy (non-hydrogen) atoms. The number of ether oxygens (including phenoxy) is 2. The lowest BCUT2D eigenvalue weighted by atomic mass is 9.93. The molecule has 1 fully saturated rings. The van der Waals surface area contributed by atoms with Crippen molar-refractivity contribution < 1.29 is 19.4 Å². The molecular weight excluding hydrogens is 414 g/mol. The molecule has 8 heteroatoms. The molecule has 0 aliphatic heterocycles. The van der Waals surface area contributed by atoms with Gasteiger partial charge in [0.15, 0.2) is 10.8 Å². The maximum absolute atomic E-state index is 12.3. The molecule has 0 spiro atoms. The molecule has 1 saturated carbocycles. The van der Waals surface area contributed by atoms with Crippen LogP contribution in [0.3, 0.4) is 0 Å². The second-order valence-corrected chi connectivity index (χ2v) is 9.76. The number of nitrogens with one attached hydrogen (secondary N) is 1. The lowest BCUT2D eigenvalue weighted by Gasteiger charge is -2.27. The van der Waals surface area contributed by atoms with Crippen molar-refractivity contribution >= 4 is 32.7 Å². The summed E-state index contributed by atoms with van der Waals surface area (Å²) in [7, 11) is 0. The molecule has 1 aromatic carbocycles. The Labute approximate surface area is 185 Å². The Morgan fingerprint density at radius 3 is 2.71 bits per heavy atom. The van der Waals surface area contributed by atoms with Crippen molar-refractivity contribution in [3.8, 4) is 11.5 Å². The molecule has 0 saturated heterocycles. The van der Waals surface area contributed by atoms with E-state index in [1.165, 1.54) is 17.5 Å². The first-order valence-corrected chi connectivity index (χ1v) is 11.3. The highest BCUT2D eigenvalue weighted by atomic mass is 32.1. The number of aliphatic hydroxyl groups excluding tert-OH is 1. The zero-order valence-corrected chi connectivity index (χ0v) is 18.7. The van der Waals surface area contributed by atoms with E-state index < -0.39 is 11.6 Å². The average Bonchev–Trinajstić information content (AvgIpc) is 3.10. The van der Waals surface area contributed by atoms with Gasteiger partial charge in [-0.25, -0.2) is 14.8 Å². The van der Waals surface area contributed by atoms with Crippen LogP contribution in [0.4, 0.5) is 5.13 Å². The van der Waals surface area contributed by atoms with Crippen LogP contribution < -0.4 is 10.1 Å². The van der Waals surface area contributed by atoms with E-state index in [0.717, 1.165) is 41.0 Å². The van der Waals surface area contributed by atoms with Gasteiger partial charge in [0, 0.05) is 18.3 Å². The Morgan fingerprint density at radius 2 is 1.94 bits per heavy atom. The number of benzene rings is 1. The van der Waals surface area contributed by atoms with Crippen molar-refractivity contribution in [3.05, 3.63) is 42.2 Å². The van der Waals surface area contributed by atoms with Crippen LogP contribution in [-0.2, 0) is 4.74 Å². The highest BCUT2D eigenvalue weighted by Gasteiger charge is 2.24. The third kappa shape index (κ3) is 5.51. The van der Waals surface area contributed by atoms with Gasteiger partial charge in [0.1, 0.15) is 17.1 Å². The van der Waals surface area contributed by atoms with Crippen LogP contribution in [0.25, 0.3) is 10.2 Å². The zero-order valence-electron chi connectivity index (χ0n) is 17.9. The number of hydrogen-bond acceptors (Lipinski definition) is 8. The summed E-state index contributed by atoms with van der Waals surface area (Å²) in [4.78, 5) is 21.0. The van der Waals surface area contributed by atoms with Gasteiger partial charge >= 0.3 is 5.97 Å². The minimum atomic E-state index is -0.591. The summed E-state index contributed by atoms with van der Waals surface area (Å²) in [5.41, 5.74) is 0.477. The Hall–Kier alpha value is -2.71. The summed E-state index contributed by atoms with van der Waals surface area (Å²) in [5, 5.41) is 14.4. The normalized spacial score (nSPS) is 19.2. The number of carbonyl (C=O) groups excluding carboxylic acids is 1. The first-order chi connectivity index (χ1) is 14.8. The largest absolute Gasteiger partial charge is 0.457 e. The molecule has 1 aliphatic rings. The van der Waals surface area contributed by atoms with Crippen molar-refractivity contribution in [2.45, 2.75) is 64.2 Å². The molecule has 0 bridgehead atoms. The van der Waals surface area contributed by atoms with Crippen LogP contribution in [-0.4, -0.2) is 38.8 Å². The number of hydrogen-bond donors (Lipinski definition) is 2. The van der Waals surface area contributed by atoms with E-state index in [1.54, 1.807) is 12.1 Å². The first-order valence-electron chi connectivity index (χ1n) is 10.5. The number of aliphatic hydroxyl groups is 1. The van der Waals surface area contributed by atoms with E-state index in [4.69, 9.17) is 9.47 Å². The molecule has 0 radical (unpaired) electrons. The standard InChI is InChI=1S/C23H27N3O4S/c1-23(2,3)30-21(28)18-12-15(10-11-24-18)29-14-8-9-17-20(13-14)31-22(26-17)25-16-6-4-5-7-19(16)27/h8-13,16,19,27H,4-7H2,1-3H3,(H,25,26)/t16-,19-/m1/s1. The quantitative estimate of drug-likeness (QED) is 0.529. The van der Waals surface area contributed by atoms with Gasteiger partial charge in [-0.1, -0.05) is 24.2 Å². The minimum Gasteiger partial charge on any atom is -0.457 e. The lowest BCUT2D eigenvalue weighted by molar-refractivity contribution is 0.00624.